The van der Waals surface area contributed by atoms with E-state index >= 15 is 0 Å². The molecule has 1 N–H and O–H groups in total. The molecule has 0 aromatic carbocycles. The molecule has 86 valence electrons. The second kappa shape index (κ2) is 5.88. The number of hydrogen-bond acceptors (Lipinski definition) is 3. The highest BCUT2D eigenvalue weighted by Crippen LogP contribution is 2.11. The molecule has 1 aliphatic rings. The molecule has 1 atom stereocenters. The summed E-state index contributed by atoms with van der Waals surface area (Å²) < 4.78 is 0. The van der Waals surface area contributed by atoms with Gasteiger partial charge in [0.05, 0.1) is 6.42 Å². The summed E-state index contributed by atoms with van der Waals surface area (Å²) in [5.41, 5.74) is 0. The van der Waals surface area contributed by atoms with E-state index in [1.54, 1.807) is 0 Å². The average molecular weight is 212 g/mol. The van der Waals surface area contributed by atoms with E-state index in [-0.39, 0.29) is 12.5 Å². The lowest BCUT2D eigenvalue weighted by Crippen LogP contribution is -2.40. The van der Waals surface area contributed by atoms with Crippen molar-refractivity contribution in [2.75, 3.05) is 33.2 Å². The summed E-state index contributed by atoms with van der Waals surface area (Å²) in [6.07, 6.45) is 3.20. The van der Waals surface area contributed by atoms with Crippen LogP contribution in [0.3, 0.4) is 0 Å². The summed E-state index contributed by atoms with van der Waals surface area (Å²) >= 11 is 0. The van der Waals surface area contributed by atoms with Crippen LogP contribution in [0, 0.1) is 0 Å². The molecule has 0 spiro atoms. The Hall–Kier alpha value is -0.870. The van der Waals surface area contributed by atoms with Crippen LogP contribution in [0.2, 0.25) is 0 Å². The zero-order valence-electron chi connectivity index (χ0n) is 9.35. The van der Waals surface area contributed by atoms with Crippen molar-refractivity contribution in [3.05, 3.63) is 12.7 Å². The van der Waals surface area contributed by atoms with E-state index in [0.29, 0.717) is 0 Å². The quantitative estimate of drug-likeness (QED) is 0.695. The number of aliphatic carboxylic acids is 1. The molecule has 0 saturated carbocycles. The predicted octanol–water partition coefficient (Wildman–Crippen LogP) is 0.653. The van der Waals surface area contributed by atoms with Gasteiger partial charge in [0.2, 0.25) is 0 Å². The zero-order valence-corrected chi connectivity index (χ0v) is 9.35. The summed E-state index contributed by atoms with van der Waals surface area (Å²) in [6, 6.07) is 0.130. The second-order valence-electron chi connectivity index (χ2n) is 4.13. The number of carbonyl (C=O) groups is 1. The zero-order chi connectivity index (χ0) is 11.3. The van der Waals surface area contributed by atoms with Crippen LogP contribution in [0.4, 0.5) is 0 Å². The van der Waals surface area contributed by atoms with Gasteiger partial charge in [-0.1, -0.05) is 6.08 Å². The minimum Gasteiger partial charge on any atom is -0.481 e. The topological polar surface area (TPSA) is 43.8 Å². The maximum Gasteiger partial charge on any atom is 0.304 e. The molecule has 4 nitrogen and oxygen atoms in total. The van der Waals surface area contributed by atoms with E-state index in [2.05, 4.69) is 16.4 Å². The number of rotatable bonds is 4. The third-order valence-corrected chi connectivity index (χ3v) is 2.88. The number of carboxylic acid groups (broad SMARTS) is 1. The van der Waals surface area contributed by atoms with Gasteiger partial charge in [0.25, 0.3) is 0 Å². The van der Waals surface area contributed by atoms with Crippen LogP contribution in [0.5, 0.6) is 0 Å². The largest absolute Gasteiger partial charge is 0.481 e. The van der Waals surface area contributed by atoms with Crippen molar-refractivity contribution in [3.8, 4) is 0 Å². The number of hydrogen-bond donors (Lipinski definition) is 1. The summed E-state index contributed by atoms with van der Waals surface area (Å²) in [6.45, 7) is 7.41. The van der Waals surface area contributed by atoms with Crippen molar-refractivity contribution in [3.63, 3.8) is 0 Å². The van der Waals surface area contributed by atoms with E-state index in [0.717, 1.165) is 32.6 Å². The normalized spacial score (nSPS) is 24.7. The van der Waals surface area contributed by atoms with Gasteiger partial charge in [0.1, 0.15) is 0 Å². The van der Waals surface area contributed by atoms with Crippen LogP contribution in [0.1, 0.15) is 12.8 Å². The van der Waals surface area contributed by atoms with E-state index in [9.17, 15) is 4.79 Å². The van der Waals surface area contributed by atoms with Crippen LogP contribution >= 0.6 is 0 Å². The van der Waals surface area contributed by atoms with Gasteiger partial charge in [-0.15, -0.1) is 6.58 Å². The van der Waals surface area contributed by atoms with Crippen molar-refractivity contribution in [2.24, 2.45) is 0 Å². The van der Waals surface area contributed by atoms with Gasteiger partial charge >= 0.3 is 5.97 Å². The second-order valence-corrected chi connectivity index (χ2v) is 4.13. The molecule has 0 bridgehead atoms. The Labute approximate surface area is 91.2 Å². The van der Waals surface area contributed by atoms with Gasteiger partial charge in [0, 0.05) is 19.1 Å². The lowest BCUT2D eigenvalue weighted by Gasteiger charge is -2.27. The Balaban J connectivity index is 2.55. The van der Waals surface area contributed by atoms with Crippen LogP contribution in [0.25, 0.3) is 0 Å². The van der Waals surface area contributed by atoms with Crippen molar-refractivity contribution in [1.29, 1.82) is 0 Å². The van der Waals surface area contributed by atoms with Crippen LogP contribution in [0.15, 0.2) is 12.7 Å². The summed E-state index contributed by atoms with van der Waals surface area (Å²) in [4.78, 5) is 15.1. The van der Waals surface area contributed by atoms with Crippen molar-refractivity contribution in [1.82, 2.24) is 9.80 Å². The molecule has 1 rings (SSSR count). The van der Waals surface area contributed by atoms with Gasteiger partial charge in [-0.2, -0.15) is 0 Å². The number of likely N-dealkylation sites (N-methyl/N-ethyl adjacent to an activating group) is 1. The van der Waals surface area contributed by atoms with E-state index in [4.69, 9.17) is 5.11 Å². The van der Waals surface area contributed by atoms with E-state index < -0.39 is 5.97 Å². The van der Waals surface area contributed by atoms with Gasteiger partial charge in [-0.05, 0) is 26.6 Å². The molecule has 15 heavy (non-hydrogen) atoms. The molecular formula is C11H20N2O2. The Bertz CT molecular complexity index is 231. The third-order valence-electron chi connectivity index (χ3n) is 2.88. The molecule has 1 unspecified atom stereocenters. The lowest BCUT2D eigenvalue weighted by atomic mass is 10.2. The number of carboxylic acids is 1. The van der Waals surface area contributed by atoms with Gasteiger partial charge in [-0.25, -0.2) is 0 Å². The minimum absolute atomic E-state index is 0.130. The Kier molecular flexibility index (Phi) is 4.78. The maximum absolute atomic E-state index is 10.7. The molecule has 0 radical (unpaired) electrons. The molecule has 1 aliphatic heterocycles. The fourth-order valence-corrected chi connectivity index (χ4v) is 2.03. The standard InChI is InChI=1S/C11H20N2O2/c1-3-5-13-7-4-6-12(2)10(9-13)8-11(14)15/h3,10H,1,4-9H2,2H3,(H,14,15). The van der Waals surface area contributed by atoms with Crippen LogP contribution in [-0.4, -0.2) is 60.1 Å². The maximum atomic E-state index is 10.7. The molecule has 0 aliphatic carbocycles. The molecule has 1 fully saturated rings. The molecular weight excluding hydrogens is 192 g/mol. The first kappa shape index (κ1) is 12.2. The highest BCUT2D eigenvalue weighted by molar-refractivity contribution is 5.67. The monoisotopic (exact) mass is 212 g/mol. The first-order chi connectivity index (χ1) is 7.13. The SMILES string of the molecule is C=CCN1CCCN(C)C(CC(=O)O)C1. The van der Waals surface area contributed by atoms with Gasteiger partial charge in [0.15, 0.2) is 0 Å². The van der Waals surface area contributed by atoms with Gasteiger partial charge < -0.3 is 10.0 Å². The highest BCUT2D eigenvalue weighted by atomic mass is 16.4. The summed E-state index contributed by atoms with van der Waals surface area (Å²) in [5, 5.41) is 8.83. The molecule has 1 saturated heterocycles. The third kappa shape index (κ3) is 4.01. The molecule has 0 aromatic rings. The smallest absolute Gasteiger partial charge is 0.304 e. The van der Waals surface area contributed by atoms with Gasteiger partial charge in [-0.3, -0.25) is 9.69 Å². The van der Waals surface area contributed by atoms with Crippen molar-refractivity contribution >= 4 is 5.97 Å². The Morgan fingerprint density at radius 3 is 2.93 bits per heavy atom. The fraction of sp³-hybridized carbons (Fsp3) is 0.727. The minimum atomic E-state index is -0.715. The summed E-state index contributed by atoms with van der Waals surface area (Å²) in [7, 11) is 2.00. The molecule has 0 aromatic heterocycles. The van der Waals surface area contributed by atoms with Crippen molar-refractivity contribution in [2.45, 2.75) is 18.9 Å². The summed E-state index contributed by atoms with van der Waals surface area (Å²) in [5.74, 6) is -0.715. The van der Waals surface area contributed by atoms with E-state index in [1.165, 1.54) is 0 Å². The van der Waals surface area contributed by atoms with Crippen LogP contribution in [-0.2, 0) is 4.79 Å². The number of nitrogens with zero attached hydrogens (tertiary/aromatic N) is 2. The highest BCUT2D eigenvalue weighted by Gasteiger charge is 2.23. The first-order valence-corrected chi connectivity index (χ1v) is 5.38. The first-order valence-electron chi connectivity index (χ1n) is 5.38. The Morgan fingerprint density at radius 2 is 2.33 bits per heavy atom. The molecule has 1 heterocycles. The fourth-order valence-electron chi connectivity index (χ4n) is 2.03. The Morgan fingerprint density at radius 1 is 1.60 bits per heavy atom. The van der Waals surface area contributed by atoms with Crippen molar-refractivity contribution < 1.29 is 9.90 Å². The van der Waals surface area contributed by atoms with Crippen LogP contribution < -0.4 is 0 Å². The molecule has 0 amide bonds. The van der Waals surface area contributed by atoms with E-state index in [1.807, 2.05) is 13.1 Å². The average Bonchev–Trinajstić information content (AvgIpc) is 2.30. The molecule has 4 heteroatoms. The lowest BCUT2D eigenvalue weighted by molar-refractivity contribution is -0.138. The predicted molar refractivity (Wildman–Crippen MR) is 59.9 cm³/mol.